The van der Waals surface area contributed by atoms with Gasteiger partial charge in [0, 0.05) is 12.1 Å². The summed E-state index contributed by atoms with van der Waals surface area (Å²) in [5.41, 5.74) is -0.525. The third-order valence-electron chi connectivity index (χ3n) is 1.04. The molecule has 0 amide bonds. The molecule has 0 radical (unpaired) electrons. The summed E-state index contributed by atoms with van der Waals surface area (Å²) in [4.78, 5) is 12.3. The van der Waals surface area contributed by atoms with Gasteiger partial charge in [-0.05, 0) is 0 Å². The van der Waals surface area contributed by atoms with Gasteiger partial charge in [0.05, 0.1) is 4.92 Å². The molecule has 0 fully saturated rings. The molecular formula is C5H4N2O4. The Bertz CT molecular complexity index is 299. The van der Waals surface area contributed by atoms with Gasteiger partial charge in [-0.15, -0.1) is 0 Å². The minimum atomic E-state index is -0.790. The highest BCUT2D eigenvalue weighted by Crippen LogP contribution is 2.24. The fourth-order valence-electron chi connectivity index (χ4n) is 0.574. The number of nitrogens with zero attached hydrogens (tertiary/aromatic N) is 2. The normalized spacial score (nSPS) is 9.45. The monoisotopic (exact) mass is 156 g/mol. The van der Waals surface area contributed by atoms with Crippen molar-refractivity contribution in [3.05, 3.63) is 22.2 Å². The van der Waals surface area contributed by atoms with Crippen LogP contribution < -0.4 is 0 Å². The standard InChI is InChI=1S/C5H4N2O4/c8-4-2-1-3(7(10)11)5(9)6-4/h1-2H,(H2,6,8,9). The van der Waals surface area contributed by atoms with Crippen molar-refractivity contribution in [3.63, 3.8) is 0 Å². The van der Waals surface area contributed by atoms with Crippen molar-refractivity contribution >= 4 is 5.69 Å². The van der Waals surface area contributed by atoms with Crippen LogP contribution in [0.25, 0.3) is 0 Å². The SMILES string of the molecule is O=[N+]([O-])c1ccc(O)nc1O. The van der Waals surface area contributed by atoms with E-state index in [1.807, 2.05) is 0 Å². The molecule has 0 unspecified atom stereocenters. The second-order valence-corrected chi connectivity index (χ2v) is 1.77. The molecule has 0 saturated heterocycles. The van der Waals surface area contributed by atoms with Crippen molar-refractivity contribution in [1.29, 1.82) is 0 Å². The van der Waals surface area contributed by atoms with E-state index in [0.29, 0.717) is 0 Å². The highest BCUT2D eigenvalue weighted by molar-refractivity contribution is 5.41. The third kappa shape index (κ3) is 1.34. The van der Waals surface area contributed by atoms with Gasteiger partial charge >= 0.3 is 5.69 Å². The van der Waals surface area contributed by atoms with Crippen LogP contribution in [0.2, 0.25) is 0 Å². The summed E-state index contributed by atoms with van der Waals surface area (Å²) in [5, 5.41) is 27.4. The Labute approximate surface area is 60.9 Å². The number of rotatable bonds is 1. The summed E-state index contributed by atoms with van der Waals surface area (Å²) in [6, 6.07) is 2.00. The fraction of sp³-hybridized carbons (Fsp3) is 0. The second kappa shape index (κ2) is 2.41. The maximum atomic E-state index is 10.1. The predicted molar refractivity (Wildman–Crippen MR) is 34.2 cm³/mol. The van der Waals surface area contributed by atoms with E-state index in [2.05, 4.69) is 4.98 Å². The van der Waals surface area contributed by atoms with Crippen molar-refractivity contribution in [2.24, 2.45) is 0 Å². The van der Waals surface area contributed by atoms with E-state index >= 15 is 0 Å². The van der Waals surface area contributed by atoms with Crippen LogP contribution in [0.5, 0.6) is 11.8 Å². The van der Waals surface area contributed by atoms with Crippen LogP contribution in [-0.2, 0) is 0 Å². The van der Waals surface area contributed by atoms with Gasteiger partial charge in [0.15, 0.2) is 0 Å². The minimum absolute atomic E-state index is 0.451. The molecule has 0 atom stereocenters. The maximum absolute atomic E-state index is 10.1. The Balaban J connectivity index is 3.20. The average molecular weight is 156 g/mol. The van der Waals surface area contributed by atoms with E-state index in [4.69, 9.17) is 10.2 Å². The summed E-state index contributed by atoms with van der Waals surface area (Å²) >= 11 is 0. The molecule has 0 aromatic carbocycles. The zero-order chi connectivity index (χ0) is 8.43. The first kappa shape index (κ1) is 7.26. The Kier molecular flexibility index (Phi) is 1.59. The van der Waals surface area contributed by atoms with Crippen LogP contribution in [0.15, 0.2) is 12.1 Å². The Morgan fingerprint density at radius 1 is 1.45 bits per heavy atom. The lowest BCUT2D eigenvalue weighted by atomic mass is 10.4. The van der Waals surface area contributed by atoms with E-state index in [1.165, 1.54) is 0 Å². The lowest BCUT2D eigenvalue weighted by Gasteiger charge is -1.93. The molecule has 0 bridgehead atoms. The zero-order valence-electron chi connectivity index (χ0n) is 5.26. The number of aromatic hydroxyl groups is 2. The fourth-order valence-corrected chi connectivity index (χ4v) is 0.574. The topological polar surface area (TPSA) is 96.5 Å². The van der Waals surface area contributed by atoms with Crippen LogP contribution >= 0.6 is 0 Å². The number of nitro groups is 1. The van der Waals surface area contributed by atoms with Gasteiger partial charge in [-0.25, -0.2) is 0 Å². The summed E-state index contributed by atoms with van der Waals surface area (Å²) in [6.07, 6.45) is 0. The summed E-state index contributed by atoms with van der Waals surface area (Å²) in [7, 11) is 0. The average Bonchev–Trinajstić information content (AvgIpc) is 1.85. The van der Waals surface area contributed by atoms with Crippen LogP contribution in [0.3, 0.4) is 0 Å². The molecule has 1 rings (SSSR count). The first-order valence-electron chi connectivity index (χ1n) is 2.64. The van der Waals surface area contributed by atoms with Crippen molar-refractivity contribution in [2.75, 3.05) is 0 Å². The van der Waals surface area contributed by atoms with E-state index in [9.17, 15) is 10.1 Å². The molecule has 0 aliphatic heterocycles. The van der Waals surface area contributed by atoms with Crippen LogP contribution in [-0.4, -0.2) is 20.1 Å². The van der Waals surface area contributed by atoms with Crippen molar-refractivity contribution < 1.29 is 15.1 Å². The third-order valence-corrected chi connectivity index (χ3v) is 1.04. The van der Waals surface area contributed by atoms with Crippen LogP contribution in [0.4, 0.5) is 5.69 Å². The molecular weight excluding hydrogens is 152 g/mol. The first-order valence-corrected chi connectivity index (χ1v) is 2.64. The molecule has 6 nitrogen and oxygen atoms in total. The Morgan fingerprint density at radius 2 is 2.09 bits per heavy atom. The lowest BCUT2D eigenvalue weighted by molar-refractivity contribution is -0.386. The summed E-state index contributed by atoms with van der Waals surface area (Å²) in [5.74, 6) is -1.23. The predicted octanol–water partition coefficient (Wildman–Crippen LogP) is 0.401. The molecule has 1 heterocycles. The molecule has 0 saturated carbocycles. The van der Waals surface area contributed by atoms with Crippen molar-refractivity contribution in [2.45, 2.75) is 0 Å². The minimum Gasteiger partial charge on any atom is -0.493 e. The zero-order valence-corrected chi connectivity index (χ0v) is 5.26. The largest absolute Gasteiger partial charge is 0.493 e. The van der Waals surface area contributed by atoms with Crippen LogP contribution in [0.1, 0.15) is 0 Å². The van der Waals surface area contributed by atoms with Gasteiger partial charge in [0.25, 0.3) is 5.88 Å². The van der Waals surface area contributed by atoms with Gasteiger partial charge < -0.3 is 10.2 Å². The van der Waals surface area contributed by atoms with E-state index in [0.717, 1.165) is 12.1 Å². The molecule has 1 aromatic heterocycles. The Morgan fingerprint density at radius 3 is 2.55 bits per heavy atom. The molecule has 2 N–H and O–H groups in total. The Hall–Kier alpha value is -1.85. The summed E-state index contributed by atoms with van der Waals surface area (Å²) < 4.78 is 0. The van der Waals surface area contributed by atoms with E-state index < -0.39 is 22.4 Å². The number of pyridine rings is 1. The van der Waals surface area contributed by atoms with Crippen molar-refractivity contribution in [3.8, 4) is 11.8 Å². The molecule has 6 heteroatoms. The van der Waals surface area contributed by atoms with Crippen LogP contribution in [0, 0.1) is 10.1 Å². The smallest absolute Gasteiger partial charge is 0.331 e. The molecule has 0 aliphatic carbocycles. The molecule has 1 aromatic rings. The number of aromatic nitrogens is 1. The molecule has 0 aliphatic rings. The first-order chi connectivity index (χ1) is 5.11. The van der Waals surface area contributed by atoms with Gasteiger partial charge in [-0.1, -0.05) is 0 Å². The summed E-state index contributed by atoms with van der Waals surface area (Å²) in [6.45, 7) is 0. The lowest BCUT2D eigenvalue weighted by Crippen LogP contribution is -1.89. The number of hydrogen-bond donors (Lipinski definition) is 2. The van der Waals surface area contributed by atoms with Gasteiger partial charge in [0.2, 0.25) is 5.88 Å². The highest BCUT2D eigenvalue weighted by atomic mass is 16.6. The molecule has 0 spiro atoms. The maximum Gasteiger partial charge on any atom is 0.331 e. The highest BCUT2D eigenvalue weighted by Gasteiger charge is 2.13. The quantitative estimate of drug-likeness (QED) is 0.453. The van der Waals surface area contributed by atoms with E-state index in [-0.39, 0.29) is 0 Å². The number of hydrogen-bond acceptors (Lipinski definition) is 5. The van der Waals surface area contributed by atoms with E-state index in [1.54, 1.807) is 0 Å². The molecule has 58 valence electrons. The van der Waals surface area contributed by atoms with Crippen molar-refractivity contribution in [1.82, 2.24) is 4.98 Å². The van der Waals surface area contributed by atoms with Gasteiger partial charge in [0.1, 0.15) is 0 Å². The van der Waals surface area contributed by atoms with Gasteiger partial charge in [-0.2, -0.15) is 4.98 Å². The van der Waals surface area contributed by atoms with Gasteiger partial charge in [-0.3, -0.25) is 10.1 Å². The molecule has 11 heavy (non-hydrogen) atoms. The second-order valence-electron chi connectivity index (χ2n) is 1.77.